The Bertz CT molecular complexity index is 742. The van der Waals surface area contributed by atoms with Crippen molar-refractivity contribution in [3.8, 4) is 0 Å². The van der Waals surface area contributed by atoms with Crippen LogP contribution in [0.2, 0.25) is 13.1 Å². The van der Waals surface area contributed by atoms with Gasteiger partial charge in [-0.25, -0.2) is 0 Å². The molecule has 4 heteroatoms. The van der Waals surface area contributed by atoms with Crippen LogP contribution >= 0.6 is 0 Å². The van der Waals surface area contributed by atoms with Crippen LogP contribution in [0.25, 0.3) is 16.8 Å². The van der Waals surface area contributed by atoms with Gasteiger partial charge in [-0.05, 0) is 30.1 Å². The van der Waals surface area contributed by atoms with Gasteiger partial charge in [0.05, 0.1) is 6.61 Å². The van der Waals surface area contributed by atoms with Crippen LogP contribution in [-0.4, -0.2) is 28.1 Å². The van der Waals surface area contributed by atoms with Crippen molar-refractivity contribution < 1.29 is 13.6 Å². The minimum absolute atomic E-state index is 0.0557. The third-order valence-electron chi connectivity index (χ3n) is 3.87. The highest BCUT2D eigenvalue weighted by atomic mass is 28.4. The molecule has 108 valence electrons. The Balaban J connectivity index is 2.00. The molecule has 0 fully saturated rings. The molecule has 1 aliphatic carbocycles. The van der Waals surface area contributed by atoms with Crippen LogP contribution in [0.15, 0.2) is 42.0 Å². The second kappa shape index (κ2) is 5.22. The van der Waals surface area contributed by atoms with E-state index < -0.39 is 8.56 Å². The number of Topliss-reactive ketones (excluding diaryl/α,β-unsaturated/α-hetero) is 1. The number of carbonyl (C=O) groups is 1. The third-order valence-corrected chi connectivity index (χ3v) is 5.69. The molecular weight excluding hydrogens is 280 g/mol. The number of benzene rings is 2. The van der Waals surface area contributed by atoms with Gasteiger partial charge in [-0.15, -0.1) is 0 Å². The molecule has 0 amide bonds. The first-order valence-electron chi connectivity index (χ1n) is 6.98. The highest BCUT2D eigenvalue weighted by molar-refractivity contribution is 6.64. The molecule has 21 heavy (non-hydrogen) atoms. The maximum Gasteiger partial charge on any atom is 0.331 e. The van der Waals surface area contributed by atoms with Crippen molar-refractivity contribution in [3.63, 3.8) is 0 Å². The van der Waals surface area contributed by atoms with Gasteiger partial charge < -0.3 is 8.85 Å². The summed E-state index contributed by atoms with van der Waals surface area (Å²) < 4.78 is 11.2. The lowest BCUT2D eigenvalue weighted by Gasteiger charge is -2.22. The third kappa shape index (κ3) is 2.58. The van der Waals surface area contributed by atoms with E-state index in [2.05, 4.69) is 0 Å². The maximum absolute atomic E-state index is 12.6. The van der Waals surface area contributed by atoms with Gasteiger partial charge in [0.2, 0.25) is 0 Å². The fourth-order valence-corrected chi connectivity index (χ4v) is 3.14. The zero-order valence-corrected chi connectivity index (χ0v) is 13.5. The first kappa shape index (κ1) is 14.2. The van der Waals surface area contributed by atoms with Crippen molar-refractivity contribution >= 4 is 31.2 Å². The maximum atomic E-state index is 12.6. The van der Waals surface area contributed by atoms with Crippen LogP contribution in [0.1, 0.15) is 15.9 Å². The van der Waals surface area contributed by atoms with Gasteiger partial charge in [-0.3, -0.25) is 4.79 Å². The summed E-state index contributed by atoms with van der Waals surface area (Å²) in [7, 11) is -0.486. The van der Waals surface area contributed by atoms with Crippen molar-refractivity contribution in [1.82, 2.24) is 0 Å². The molecule has 0 unspecified atom stereocenters. The van der Waals surface area contributed by atoms with Crippen molar-refractivity contribution in [2.24, 2.45) is 0 Å². The molecule has 0 saturated carbocycles. The van der Waals surface area contributed by atoms with Gasteiger partial charge in [0.25, 0.3) is 0 Å². The largest absolute Gasteiger partial charge is 0.398 e. The zero-order chi connectivity index (χ0) is 15.0. The minimum Gasteiger partial charge on any atom is -0.398 e. The van der Waals surface area contributed by atoms with Crippen molar-refractivity contribution in [3.05, 3.63) is 53.1 Å². The summed E-state index contributed by atoms with van der Waals surface area (Å²) in [6.07, 6.45) is 1.94. The van der Waals surface area contributed by atoms with Crippen LogP contribution in [0.3, 0.4) is 0 Å². The summed E-state index contributed by atoms with van der Waals surface area (Å²) in [5.74, 6) is 0.0557. The molecule has 0 aliphatic heterocycles. The van der Waals surface area contributed by atoms with Gasteiger partial charge in [0.15, 0.2) is 5.78 Å². The standard InChI is InChI=1S/C17H18O3Si/c1-19-21(2,3)20-11-14-10-13-8-4-6-12-7-5-9-15(16(12)13)17(14)18/h4-10H,11H2,1-3H3. The monoisotopic (exact) mass is 298 g/mol. The fourth-order valence-electron chi connectivity index (χ4n) is 2.52. The Labute approximate surface area is 125 Å². The Kier molecular flexibility index (Phi) is 3.53. The quantitative estimate of drug-likeness (QED) is 0.806. The number of ketones is 1. The highest BCUT2D eigenvalue weighted by Crippen LogP contribution is 2.31. The summed E-state index contributed by atoms with van der Waals surface area (Å²) in [4.78, 5) is 12.6. The van der Waals surface area contributed by atoms with E-state index in [1.54, 1.807) is 7.11 Å². The lowest BCUT2D eigenvalue weighted by molar-refractivity contribution is 0.102. The van der Waals surface area contributed by atoms with Crippen LogP contribution < -0.4 is 0 Å². The molecule has 3 rings (SSSR count). The van der Waals surface area contributed by atoms with Gasteiger partial charge in [-0.1, -0.05) is 36.4 Å². The Morgan fingerprint density at radius 3 is 2.52 bits per heavy atom. The molecule has 1 aliphatic rings. The highest BCUT2D eigenvalue weighted by Gasteiger charge is 2.27. The van der Waals surface area contributed by atoms with Crippen LogP contribution in [-0.2, 0) is 8.85 Å². The Morgan fingerprint density at radius 1 is 1.10 bits per heavy atom. The zero-order valence-electron chi connectivity index (χ0n) is 12.5. The lowest BCUT2D eigenvalue weighted by Crippen LogP contribution is -2.34. The molecule has 2 aromatic rings. The van der Waals surface area contributed by atoms with E-state index in [4.69, 9.17) is 8.85 Å². The Hall–Kier alpha value is -1.75. The SMILES string of the molecule is CO[Si](C)(C)OCC1=Cc2cccc3cccc(c23)C1=O. The molecule has 0 saturated heterocycles. The number of hydrogen-bond donors (Lipinski definition) is 0. The van der Waals surface area contributed by atoms with Crippen molar-refractivity contribution in [2.75, 3.05) is 13.7 Å². The molecule has 0 heterocycles. The van der Waals surface area contributed by atoms with E-state index in [9.17, 15) is 4.79 Å². The number of rotatable bonds is 4. The fraction of sp³-hybridized carbons (Fsp3) is 0.235. The van der Waals surface area contributed by atoms with E-state index >= 15 is 0 Å². The smallest absolute Gasteiger partial charge is 0.331 e. The van der Waals surface area contributed by atoms with E-state index in [1.807, 2.05) is 55.6 Å². The van der Waals surface area contributed by atoms with E-state index in [0.717, 1.165) is 21.9 Å². The number of hydrogen-bond acceptors (Lipinski definition) is 3. The Morgan fingerprint density at radius 2 is 1.81 bits per heavy atom. The normalized spacial score (nSPS) is 14.4. The molecule has 0 bridgehead atoms. The van der Waals surface area contributed by atoms with E-state index in [0.29, 0.717) is 12.2 Å². The van der Waals surface area contributed by atoms with Crippen LogP contribution in [0.5, 0.6) is 0 Å². The number of carbonyl (C=O) groups excluding carboxylic acids is 1. The predicted molar refractivity (Wildman–Crippen MR) is 86.7 cm³/mol. The summed E-state index contributed by atoms with van der Waals surface area (Å²) in [6, 6.07) is 11.9. The van der Waals surface area contributed by atoms with E-state index in [-0.39, 0.29) is 5.78 Å². The second-order valence-corrected chi connectivity index (χ2v) is 9.14. The topological polar surface area (TPSA) is 35.5 Å². The molecule has 3 nitrogen and oxygen atoms in total. The predicted octanol–water partition coefficient (Wildman–Crippen LogP) is 3.78. The molecule has 0 aromatic heterocycles. The van der Waals surface area contributed by atoms with Crippen LogP contribution in [0.4, 0.5) is 0 Å². The molecular formula is C17H18O3Si. The van der Waals surface area contributed by atoms with Gasteiger partial charge >= 0.3 is 8.56 Å². The van der Waals surface area contributed by atoms with Gasteiger partial charge in [0, 0.05) is 23.6 Å². The molecule has 0 atom stereocenters. The summed E-state index contributed by atoms with van der Waals surface area (Å²) in [5, 5.41) is 2.14. The minimum atomic E-state index is -2.14. The average molecular weight is 298 g/mol. The van der Waals surface area contributed by atoms with E-state index in [1.165, 1.54) is 0 Å². The van der Waals surface area contributed by atoms with Crippen molar-refractivity contribution in [2.45, 2.75) is 13.1 Å². The summed E-state index contributed by atoms with van der Waals surface area (Å²) in [6.45, 7) is 4.24. The van der Waals surface area contributed by atoms with Crippen LogP contribution in [0, 0.1) is 0 Å². The first-order valence-corrected chi connectivity index (χ1v) is 9.79. The van der Waals surface area contributed by atoms with Crippen molar-refractivity contribution in [1.29, 1.82) is 0 Å². The molecule has 0 N–H and O–H groups in total. The molecule has 0 spiro atoms. The summed E-state index contributed by atoms with van der Waals surface area (Å²) >= 11 is 0. The molecule has 0 radical (unpaired) electrons. The van der Waals surface area contributed by atoms with Gasteiger partial charge in [0.1, 0.15) is 0 Å². The summed E-state index contributed by atoms with van der Waals surface area (Å²) in [5.41, 5.74) is 2.54. The lowest BCUT2D eigenvalue weighted by atomic mass is 9.88. The first-order chi connectivity index (χ1) is 10.0. The second-order valence-electron chi connectivity index (χ2n) is 5.64. The van der Waals surface area contributed by atoms with Gasteiger partial charge in [-0.2, -0.15) is 0 Å². The average Bonchev–Trinajstić information content (AvgIpc) is 2.49. The molecule has 2 aromatic carbocycles.